The van der Waals surface area contributed by atoms with E-state index in [0.717, 1.165) is 36.8 Å². The third kappa shape index (κ3) is 5.11. The second kappa shape index (κ2) is 8.46. The lowest BCUT2D eigenvalue weighted by Crippen LogP contribution is -2.36. The molecule has 0 saturated carbocycles. The molecule has 0 spiro atoms. The lowest BCUT2D eigenvalue weighted by atomic mass is 10.1. The summed E-state index contributed by atoms with van der Waals surface area (Å²) in [5, 5.41) is 3.26. The summed E-state index contributed by atoms with van der Waals surface area (Å²) in [4.78, 5) is 6.62. The number of guanidine groups is 1. The molecule has 4 nitrogen and oxygen atoms in total. The highest BCUT2D eigenvalue weighted by Crippen LogP contribution is 2.21. The van der Waals surface area contributed by atoms with Gasteiger partial charge < -0.3 is 15.0 Å². The quantitative estimate of drug-likeness (QED) is 0.642. The maximum absolute atomic E-state index is 5.82. The Kier molecular flexibility index (Phi) is 6.91. The highest BCUT2D eigenvalue weighted by Gasteiger charge is 2.05. The average molecular weight is 277 g/mol. The summed E-state index contributed by atoms with van der Waals surface area (Å²) in [5.41, 5.74) is 2.34. The zero-order chi connectivity index (χ0) is 15.0. The number of hydrogen-bond donors (Lipinski definition) is 1. The van der Waals surface area contributed by atoms with Gasteiger partial charge in [-0.3, -0.25) is 0 Å². The molecule has 0 amide bonds. The minimum absolute atomic E-state index is 0.625. The van der Waals surface area contributed by atoms with Crippen molar-refractivity contribution in [2.75, 3.05) is 27.2 Å². The van der Waals surface area contributed by atoms with Crippen LogP contribution in [0.4, 0.5) is 0 Å². The van der Waals surface area contributed by atoms with Crippen LogP contribution in [0.3, 0.4) is 0 Å². The molecule has 20 heavy (non-hydrogen) atoms. The van der Waals surface area contributed by atoms with E-state index in [1.807, 2.05) is 19.0 Å². The standard InChI is InChI=1S/C16H27N3O/c1-6-10-20-15-11-13(3)8-9-14(15)12-18-16(17-7-2)19(4)5/h8-9,11H,6-7,10,12H2,1-5H3,(H,17,18). The van der Waals surface area contributed by atoms with Crippen LogP contribution in [0.15, 0.2) is 23.2 Å². The lowest BCUT2D eigenvalue weighted by molar-refractivity contribution is 0.314. The number of nitrogens with zero attached hydrogens (tertiary/aromatic N) is 2. The van der Waals surface area contributed by atoms with Gasteiger partial charge in [0.2, 0.25) is 0 Å². The summed E-state index contributed by atoms with van der Waals surface area (Å²) in [6.45, 7) is 8.50. The van der Waals surface area contributed by atoms with Gasteiger partial charge in [-0.05, 0) is 31.9 Å². The van der Waals surface area contributed by atoms with Gasteiger partial charge >= 0.3 is 0 Å². The Morgan fingerprint density at radius 1 is 1.30 bits per heavy atom. The molecule has 1 aromatic carbocycles. The van der Waals surface area contributed by atoms with Crippen molar-refractivity contribution in [1.82, 2.24) is 10.2 Å². The van der Waals surface area contributed by atoms with E-state index in [0.29, 0.717) is 6.54 Å². The van der Waals surface area contributed by atoms with Crippen molar-refractivity contribution in [1.29, 1.82) is 0 Å². The number of aryl methyl sites for hydroxylation is 1. The number of hydrogen-bond acceptors (Lipinski definition) is 2. The molecule has 0 atom stereocenters. The normalized spacial score (nSPS) is 11.3. The largest absolute Gasteiger partial charge is 0.493 e. The van der Waals surface area contributed by atoms with Gasteiger partial charge in [-0.15, -0.1) is 0 Å². The Morgan fingerprint density at radius 2 is 2.05 bits per heavy atom. The predicted molar refractivity (Wildman–Crippen MR) is 85.5 cm³/mol. The number of nitrogens with one attached hydrogen (secondary N) is 1. The van der Waals surface area contributed by atoms with Crippen molar-refractivity contribution < 1.29 is 4.74 Å². The second-order valence-corrected chi connectivity index (χ2v) is 5.02. The molecule has 0 heterocycles. The van der Waals surface area contributed by atoms with Crippen molar-refractivity contribution in [2.24, 2.45) is 4.99 Å². The van der Waals surface area contributed by atoms with Crippen LogP contribution in [-0.4, -0.2) is 38.1 Å². The first-order chi connectivity index (χ1) is 9.58. The topological polar surface area (TPSA) is 36.9 Å². The molecule has 0 aromatic heterocycles. The molecule has 0 fully saturated rings. The van der Waals surface area contributed by atoms with E-state index in [4.69, 9.17) is 4.74 Å². The molecule has 112 valence electrons. The molecule has 1 N–H and O–H groups in total. The van der Waals surface area contributed by atoms with Gasteiger partial charge in [-0.2, -0.15) is 0 Å². The zero-order valence-corrected chi connectivity index (χ0v) is 13.4. The number of rotatable bonds is 6. The lowest BCUT2D eigenvalue weighted by Gasteiger charge is -2.17. The van der Waals surface area contributed by atoms with E-state index >= 15 is 0 Å². The van der Waals surface area contributed by atoms with Crippen LogP contribution in [-0.2, 0) is 6.54 Å². The Balaban J connectivity index is 2.87. The van der Waals surface area contributed by atoms with Crippen LogP contribution < -0.4 is 10.1 Å². The van der Waals surface area contributed by atoms with Crippen LogP contribution in [0, 0.1) is 6.92 Å². The minimum atomic E-state index is 0.625. The summed E-state index contributed by atoms with van der Waals surface area (Å²) < 4.78 is 5.82. The molecule has 0 aliphatic heterocycles. The first-order valence-electron chi connectivity index (χ1n) is 7.26. The third-order valence-electron chi connectivity index (χ3n) is 2.84. The minimum Gasteiger partial charge on any atom is -0.493 e. The maximum atomic E-state index is 5.82. The van der Waals surface area contributed by atoms with Gasteiger partial charge in [0.25, 0.3) is 0 Å². The first-order valence-corrected chi connectivity index (χ1v) is 7.26. The number of benzene rings is 1. The monoisotopic (exact) mass is 277 g/mol. The fourth-order valence-corrected chi connectivity index (χ4v) is 1.81. The van der Waals surface area contributed by atoms with Gasteiger partial charge in [-0.1, -0.05) is 19.1 Å². The molecule has 0 radical (unpaired) electrons. The van der Waals surface area contributed by atoms with Gasteiger partial charge in [0.05, 0.1) is 13.2 Å². The molecular formula is C16H27N3O. The van der Waals surface area contributed by atoms with Crippen molar-refractivity contribution in [2.45, 2.75) is 33.7 Å². The Labute approximate surface area is 122 Å². The van der Waals surface area contributed by atoms with Crippen LogP contribution in [0.1, 0.15) is 31.4 Å². The van der Waals surface area contributed by atoms with Gasteiger partial charge in [-0.25, -0.2) is 4.99 Å². The molecular weight excluding hydrogens is 250 g/mol. The van der Waals surface area contributed by atoms with Crippen molar-refractivity contribution in [3.8, 4) is 5.75 Å². The molecule has 4 heteroatoms. The Morgan fingerprint density at radius 3 is 2.65 bits per heavy atom. The Bertz CT molecular complexity index is 441. The van der Waals surface area contributed by atoms with E-state index in [1.54, 1.807) is 0 Å². The smallest absolute Gasteiger partial charge is 0.193 e. The molecule has 1 aromatic rings. The second-order valence-electron chi connectivity index (χ2n) is 5.02. The number of ether oxygens (including phenoxy) is 1. The predicted octanol–water partition coefficient (Wildman–Crippen LogP) is 2.81. The summed E-state index contributed by atoms with van der Waals surface area (Å²) in [5.74, 6) is 1.85. The van der Waals surface area contributed by atoms with Gasteiger partial charge in [0, 0.05) is 26.2 Å². The molecule has 0 aliphatic rings. The zero-order valence-electron chi connectivity index (χ0n) is 13.4. The highest BCUT2D eigenvalue weighted by atomic mass is 16.5. The highest BCUT2D eigenvalue weighted by molar-refractivity contribution is 5.79. The van der Waals surface area contributed by atoms with Crippen molar-refractivity contribution >= 4 is 5.96 Å². The van der Waals surface area contributed by atoms with E-state index in [1.165, 1.54) is 5.56 Å². The van der Waals surface area contributed by atoms with Crippen molar-refractivity contribution in [3.05, 3.63) is 29.3 Å². The van der Waals surface area contributed by atoms with Crippen LogP contribution in [0.25, 0.3) is 0 Å². The summed E-state index contributed by atoms with van der Waals surface area (Å²) in [7, 11) is 3.98. The van der Waals surface area contributed by atoms with E-state index in [9.17, 15) is 0 Å². The summed E-state index contributed by atoms with van der Waals surface area (Å²) >= 11 is 0. The summed E-state index contributed by atoms with van der Waals surface area (Å²) in [6, 6.07) is 6.29. The third-order valence-corrected chi connectivity index (χ3v) is 2.84. The Hall–Kier alpha value is -1.71. The summed E-state index contributed by atoms with van der Waals surface area (Å²) in [6.07, 6.45) is 1.01. The van der Waals surface area contributed by atoms with Crippen LogP contribution in [0.5, 0.6) is 5.75 Å². The maximum Gasteiger partial charge on any atom is 0.193 e. The number of aliphatic imine (C=N–C) groups is 1. The molecule has 0 saturated heterocycles. The fraction of sp³-hybridized carbons (Fsp3) is 0.562. The van der Waals surface area contributed by atoms with Crippen molar-refractivity contribution in [3.63, 3.8) is 0 Å². The SMILES string of the molecule is CCCOc1cc(C)ccc1CN=C(NCC)N(C)C. The first kappa shape index (κ1) is 16.3. The molecule has 0 bridgehead atoms. The van der Waals surface area contributed by atoms with Gasteiger partial charge in [0.1, 0.15) is 5.75 Å². The van der Waals surface area contributed by atoms with Crippen LogP contribution in [0.2, 0.25) is 0 Å². The van der Waals surface area contributed by atoms with E-state index < -0.39 is 0 Å². The van der Waals surface area contributed by atoms with Crippen LogP contribution >= 0.6 is 0 Å². The molecule has 0 aliphatic carbocycles. The molecule has 0 unspecified atom stereocenters. The van der Waals surface area contributed by atoms with E-state index in [2.05, 4.69) is 49.3 Å². The van der Waals surface area contributed by atoms with Gasteiger partial charge in [0.15, 0.2) is 5.96 Å². The average Bonchev–Trinajstić information content (AvgIpc) is 2.42. The molecule has 1 rings (SSSR count). The van der Waals surface area contributed by atoms with E-state index in [-0.39, 0.29) is 0 Å². The fourth-order valence-electron chi connectivity index (χ4n) is 1.81.